The van der Waals surface area contributed by atoms with Gasteiger partial charge in [-0.3, -0.25) is 9.59 Å². The molecular formula is C30H30BrN3O7S. The number of hydrogen-bond acceptors (Lipinski definition) is 9. The third-order valence-electron chi connectivity index (χ3n) is 6.19. The van der Waals surface area contributed by atoms with Crippen molar-refractivity contribution in [3.8, 4) is 11.5 Å². The Morgan fingerprint density at radius 2 is 1.76 bits per heavy atom. The summed E-state index contributed by atoms with van der Waals surface area (Å²) in [5.74, 6) is -2.29. The highest BCUT2D eigenvalue weighted by atomic mass is 79.9. The number of carbonyl (C=O) groups excluding carboxylic acids is 4. The smallest absolute Gasteiger partial charge is 0.343 e. The zero-order valence-corrected chi connectivity index (χ0v) is 25.6. The molecule has 3 aromatic rings. The van der Waals surface area contributed by atoms with Crippen molar-refractivity contribution in [3.63, 3.8) is 0 Å². The largest absolute Gasteiger partial charge is 0.494 e. The monoisotopic (exact) mass is 655 g/mol. The van der Waals surface area contributed by atoms with Crippen molar-refractivity contribution in [2.24, 2.45) is 5.10 Å². The SMILES string of the molecule is CCCOc1ccc(C(=O)Oc2ccc(Br)cc2/C=N/NC(=O)C(=O)Nc2sc3c(c2C(=O)OCC)CCCC3)cc1. The third kappa shape index (κ3) is 7.83. The van der Waals surface area contributed by atoms with E-state index in [9.17, 15) is 19.2 Å². The number of aryl methyl sites for hydroxylation is 1. The van der Waals surface area contributed by atoms with Crippen molar-refractivity contribution in [1.82, 2.24) is 5.43 Å². The van der Waals surface area contributed by atoms with Gasteiger partial charge in [0, 0.05) is 14.9 Å². The number of benzene rings is 2. The number of fused-ring (bicyclic) bond motifs is 1. The zero-order chi connectivity index (χ0) is 30.1. The van der Waals surface area contributed by atoms with E-state index in [1.54, 1.807) is 49.4 Å². The molecular weight excluding hydrogens is 626 g/mol. The van der Waals surface area contributed by atoms with E-state index in [1.807, 2.05) is 6.92 Å². The summed E-state index contributed by atoms with van der Waals surface area (Å²) in [6, 6.07) is 11.5. The van der Waals surface area contributed by atoms with Gasteiger partial charge in [0.2, 0.25) is 0 Å². The third-order valence-corrected chi connectivity index (χ3v) is 7.89. The van der Waals surface area contributed by atoms with Gasteiger partial charge < -0.3 is 19.5 Å². The fraction of sp³-hybridized carbons (Fsp3) is 0.300. The van der Waals surface area contributed by atoms with Crippen molar-refractivity contribution in [2.75, 3.05) is 18.5 Å². The highest BCUT2D eigenvalue weighted by Gasteiger charge is 2.28. The van der Waals surface area contributed by atoms with Crippen molar-refractivity contribution in [2.45, 2.75) is 46.0 Å². The number of thiophene rings is 1. The first-order valence-corrected chi connectivity index (χ1v) is 15.1. The normalized spacial score (nSPS) is 12.4. The maximum atomic E-state index is 12.7. The van der Waals surface area contributed by atoms with Crippen LogP contribution in [0.2, 0.25) is 0 Å². The topological polar surface area (TPSA) is 132 Å². The number of rotatable bonds is 10. The van der Waals surface area contributed by atoms with Crippen LogP contribution in [-0.2, 0) is 27.2 Å². The molecule has 4 rings (SSSR count). The van der Waals surface area contributed by atoms with Crippen LogP contribution in [0.4, 0.5) is 5.00 Å². The summed E-state index contributed by atoms with van der Waals surface area (Å²) in [6.07, 6.45) is 5.57. The van der Waals surface area contributed by atoms with Gasteiger partial charge in [-0.05, 0) is 87.1 Å². The Morgan fingerprint density at radius 3 is 2.50 bits per heavy atom. The molecule has 0 saturated carbocycles. The molecule has 1 aromatic heterocycles. The Hall–Kier alpha value is -4.03. The number of hydrogen-bond donors (Lipinski definition) is 2. The zero-order valence-electron chi connectivity index (χ0n) is 23.2. The van der Waals surface area contributed by atoms with Gasteiger partial charge in [0.25, 0.3) is 0 Å². The van der Waals surface area contributed by atoms with Crippen molar-refractivity contribution in [3.05, 3.63) is 74.1 Å². The standard InChI is InChI=1S/C30H30BrN3O7S/c1-3-15-40-21-12-9-18(10-13-21)29(37)41-23-14-11-20(31)16-19(23)17-32-34-27(36)26(35)33-28-25(30(38)39-4-2)22-7-5-6-8-24(22)42-28/h9-14,16-17H,3-8,15H2,1-2H3,(H,33,35)(H,34,36)/b32-17+. The number of esters is 2. The molecule has 0 radical (unpaired) electrons. The van der Waals surface area contributed by atoms with Crippen LogP contribution in [0.5, 0.6) is 11.5 Å². The number of hydrazone groups is 1. The van der Waals surface area contributed by atoms with Gasteiger partial charge in [-0.15, -0.1) is 11.3 Å². The summed E-state index contributed by atoms with van der Waals surface area (Å²) in [5.41, 5.74) is 4.06. The first kappa shape index (κ1) is 30.9. The average Bonchev–Trinajstić information content (AvgIpc) is 3.35. The first-order chi connectivity index (χ1) is 20.3. The molecule has 220 valence electrons. The van der Waals surface area contributed by atoms with Crippen LogP contribution in [0.25, 0.3) is 0 Å². The van der Waals surface area contributed by atoms with Crippen molar-refractivity contribution < 1.29 is 33.4 Å². The van der Waals surface area contributed by atoms with Crippen LogP contribution in [-0.4, -0.2) is 43.2 Å². The predicted molar refractivity (Wildman–Crippen MR) is 163 cm³/mol. The number of ether oxygens (including phenoxy) is 3. The molecule has 10 nitrogen and oxygen atoms in total. The van der Waals surface area contributed by atoms with E-state index in [4.69, 9.17) is 14.2 Å². The summed E-state index contributed by atoms with van der Waals surface area (Å²) in [5, 5.41) is 6.71. The van der Waals surface area contributed by atoms with Gasteiger partial charge in [0.1, 0.15) is 16.5 Å². The Kier molecular flexibility index (Phi) is 10.8. The van der Waals surface area contributed by atoms with E-state index in [-0.39, 0.29) is 17.4 Å². The minimum Gasteiger partial charge on any atom is -0.494 e. The molecule has 1 aliphatic rings. The van der Waals surface area contributed by atoms with Crippen molar-refractivity contribution >= 4 is 62.2 Å². The van der Waals surface area contributed by atoms with Gasteiger partial charge in [-0.1, -0.05) is 22.9 Å². The maximum Gasteiger partial charge on any atom is 0.343 e. The van der Waals surface area contributed by atoms with Gasteiger partial charge in [-0.25, -0.2) is 15.0 Å². The molecule has 0 saturated heterocycles. The Balaban J connectivity index is 1.41. The predicted octanol–water partition coefficient (Wildman–Crippen LogP) is 5.66. The van der Waals surface area contributed by atoms with Crippen LogP contribution < -0.4 is 20.2 Å². The maximum absolute atomic E-state index is 12.7. The van der Waals surface area contributed by atoms with Gasteiger partial charge >= 0.3 is 23.8 Å². The van der Waals surface area contributed by atoms with E-state index in [2.05, 4.69) is 31.8 Å². The molecule has 0 atom stereocenters. The Bertz CT molecular complexity index is 1500. The lowest BCUT2D eigenvalue weighted by Gasteiger charge is -2.12. The molecule has 0 unspecified atom stereocenters. The van der Waals surface area contributed by atoms with Crippen LogP contribution in [0.1, 0.15) is 69.8 Å². The number of amides is 2. The van der Waals surface area contributed by atoms with Crippen LogP contribution in [0, 0.1) is 0 Å². The molecule has 2 aromatic carbocycles. The summed E-state index contributed by atoms with van der Waals surface area (Å²) < 4.78 is 17.0. The van der Waals surface area contributed by atoms with E-state index in [0.717, 1.165) is 36.1 Å². The van der Waals surface area contributed by atoms with Crippen LogP contribution >= 0.6 is 27.3 Å². The number of nitrogens with zero attached hydrogens (tertiary/aromatic N) is 1. The molecule has 0 fully saturated rings. The molecule has 1 aliphatic carbocycles. The summed E-state index contributed by atoms with van der Waals surface area (Å²) in [4.78, 5) is 51.6. The molecule has 2 N–H and O–H groups in total. The van der Waals surface area contributed by atoms with E-state index in [1.165, 1.54) is 17.6 Å². The lowest BCUT2D eigenvalue weighted by atomic mass is 9.95. The second kappa shape index (κ2) is 14.7. The Morgan fingerprint density at radius 1 is 1.00 bits per heavy atom. The highest BCUT2D eigenvalue weighted by Crippen LogP contribution is 2.38. The first-order valence-electron chi connectivity index (χ1n) is 13.5. The molecule has 42 heavy (non-hydrogen) atoms. The van der Waals surface area contributed by atoms with Crippen LogP contribution in [0.15, 0.2) is 52.0 Å². The number of nitrogens with one attached hydrogen (secondary N) is 2. The van der Waals surface area contributed by atoms with E-state index >= 15 is 0 Å². The fourth-order valence-electron chi connectivity index (χ4n) is 4.22. The van der Waals surface area contributed by atoms with Crippen LogP contribution in [0.3, 0.4) is 0 Å². The summed E-state index contributed by atoms with van der Waals surface area (Å²) >= 11 is 4.65. The minimum atomic E-state index is -1.04. The Labute approximate surface area is 255 Å². The van der Waals surface area contributed by atoms with E-state index < -0.39 is 23.8 Å². The molecule has 12 heteroatoms. The molecule has 0 aliphatic heterocycles. The second-order valence-corrected chi connectivity index (χ2v) is 11.3. The second-order valence-electron chi connectivity index (χ2n) is 9.23. The quantitative estimate of drug-likeness (QED) is 0.0946. The summed E-state index contributed by atoms with van der Waals surface area (Å²) in [7, 11) is 0. The van der Waals surface area contributed by atoms with Gasteiger partial charge in [0.15, 0.2) is 0 Å². The fourth-order valence-corrected chi connectivity index (χ4v) is 5.87. The molecule has 0 bridgehead atoms. The molecule has 1 heterocycles. The highest BCUT2D eigenvalue weighted by molar-refractivity contribution is 9.10. The lowest BCUT2D eigenvalue weighted by Crippen LogP contribution is -2.32. The number of carbonyl (C=O) groups is 4. The molecule has 0 spiro atoms. The number of halogens is 1. The van der Waals surface area contributed by atoms with Gasteiger partial charge in [0.05, 0.1) is 30.6 Å². The van der Waals surface area contributed by atoms with Gasteiger partial charge in [-0.2, -0.15) is 5.10 Å². The van der Waals surface area contributed by atoms with Crippen molar-refractivity contribution in [1.29, 1.82) is 0 Å². The minimum absolute atomic E-state index is 0.194. The van der Waals surface area contributed by atoms with E-state index in [0.29, 0.717) is 39.9 Å². The molecule has 2 amide bonds. The lowest BCUT2D eigenvalue weighted by molar-refractivity contribution is -0.136. The average molecular weight is 657 g/mol. The number of anilines is 1. The summed E-state index contributed by atoms with van der Waals surface area (Å²) in [6.45, 7) is 4.48.